The van der Waals surface area contributed by atoms with E-state index in [-0.39, 0.29) is 6.04 Å². The van der Waals surface area contributed by atoms with Crippen LogP contribution in [0, 0.1) is 5.92 Å². The molecule has 1 saturated heterocycles. The number of carbonyl (C=O) groups is 1. The highest BCUT2D eigenvalue weighted by molar-refractivity contribution is 5.89. The van der Waals surface area contributed by atoms with Crippen LogP contribution in [0.15, 0.2) is 30.3 Å². The van der Waals surface area contributed by atoms with E-state index in [0.717, 1.165) is 25.9 Å². The van der Waals surface area contributed by atoms with Crippen LogP contribution in [-0.2, 0) is 4.79 Å². The van der Waals surface area contributed by atoms with Crippen molar-refractivity contribution < 1.29 is 4.79 Å². The fraction of sp³-hybridized carbons (Fsp3) is 0.533. The van der Waals surface area contributed by atoms with Crippen LogP contribution in [-0.4, -0.2) is 23.8 Å². The second-order valence-electron chi connectivity index (χ2n) is 5.23. The highest BCUT2D eigenvalue weighted by Gasteiger charge is 2.38. The van der Waals surface area contributed by atoms with Gasteiger partial charge in [0, 0.05) is 5.92 Å². The second-order valence-corrected chi connectivity index (χ2v) is 5.23. The van der Waals surface area contributed by atoms with Gasteiger partial charge in [0.2, 0.25) is 0 Å². The summed E-state index contributed by atoms with van der Waals surface area (Å²) in [5.41, 5.74) is 1.19. The lowest BCUT2D eigenvalue weighted by atomic mass is 9.98. The molecule has 2 aliphatic rings. The lowest BCUT2D eigenvalue weighted by molar-refractivity contribution is -0.125. The third-order valence-electron chi connectivity index (χ3n) is 3.87. The van der Waals surface area contributed by atoms with Gasteiger partial charge in [-0.2, -0.15) is 0 Å². The Balaban J connectivity index is 1.87. The van der Waals surface area contributed by atoms with Gasteiger partial charge < -0.3 is 0 Å². The van der Waals surface area contributed by atoms with E-state index in [1.165, 1.54) is 18.4 Å². The SMILES string of the molecule is O=C(C1CC1)[C@@H](c1ccccc1)N1CCCC1. The Morgan fingerprint density at radius 1 is 1.12 bits per heavy atom. The third-order valence-corrected chi connectivity index (χ3v) is 3.87. The zero-order valence-corrected chi connectivity index (χ0v) is 10.1. The maximum absolute atomic E-state index is 12.5. The van der Waals surface area contributed by atoms with Crippen LogP contribution >= 0.6 is 0 Å². The van der Waals surface area contributed by atoms with Gasteiger partial charge >= 0.3 is 0 Å². The van der Waals surface area contributed by atoms with E-state index in [9.17, 15) is 4.79 Å². The van der Waals surface area contributed by atoms with Crippen molar-refractivity contribution in [1.82, 2.24) is 4.90 Å². The Hall–Kier alpha value is -1.15. The summed E-state index contributed by atoms with van der Waals surface area (Å²) in [5, 5.41) is 0. The molecule has 17 heavy (non-hydrogen) atoms. The third kappa shape index (κ3) is 2.27. The fourth-order valence-electron chi connectivity index (χ4n) is 2.78. The quantitative estimate of drug-likeness (QED) is 0.791. The Labute approximate surface area is 103 Å². The molecular weight excluding hydrogens is 210 g/mol. The van der Waals surface area contributed by atoms with Crippen molar-refractivity contribution in [3.8, 4) is 0 Å². The van der Waals surface area contributed by atoms with Gasteiger partial charge in [0.15, 0.2) is 5.78 Å². The van der Waals surface area contributed by atoms with Gasteiger partial charge in [-0.15, -0.1) is 0 Å². The highest BCUT2D eigenvalue weighted by Crippen LogP contribution is 2.38. The number of ketones is 1. The number of hydrogen-bond acceptors (Lipinski definition) is 2. The van der Waals surface area contributed by atoms with Gasteiger partial charge in [0.05, 0.1) is 6.04 Å². The number of benzene rings is 1. The predicted molar refractivity (Wildman–Crippen MR) is 67.7 cm³/mol. The minimum absolute atomic E-state index is 0.0335. The Bertz CT molecular complexity index is 391. The average molecular weight is 229 g/mol. The minimum atomic E-state index is 0.0335. The number of hydrogen-bond donors (Lipinski definition) is 0. The summed E-state index contributed by atoms with van der Waals surface area (Å²) in [4.78, 5) is 14.8. The molecule has 0 N–H and O–H groups in total. The summed E-state index contributed by atoms with van der Waals surface area (Å²) >= 11 is 0. The first-order valence-corrected chi connectivity index (χ1v) is 6.69. The van der Waals surface area contributed by atoms with Gasteiger partial charge in [0.1, 0.15) is 0 Å². The molecular formula is C15H19NO. The van der Waals surface area contributed by atoms with Crippen LogP contribution in [0.4, 0.5) is 0 Å². The van der Waals surface area contributed by atoms with Crippen LogP contribution < -0.4 is 0 Å². The first kappa shape index (κ1) is 11.0. The summed E-state index contributed by atoms with van der Waals surface area (Å²) in [6.07, 6.45) is 4.69. The summed E-state index contributed by atoms with van der Waals surface area (Å²) < 4.78 is 0. The summed E-state index contributed by atoms with van der Waals surface area (Å²) in [6.45, 7) is 2.16. The van der Waals surface area contributed by atoms with Crippen LogP contribution in [0.5, 0.6) is 0 Å². The van der Waals surface area contributed by atoms with E-state index >= 15 is 0 Å². The van der Waals surface area contributed by atoms with E-state index in [0.29, 0.717) is 11.7 Å². The van der Waals surface area contributed by atoms with Gasteiger partial charge in [-0.25, -0.2) is 0 Å². The van der Waals surface area contributed by atoms with Crippen LogP contribution in [0.1, 0.15) is 37.3 Å². The van der Waals surface area contributed by atoms with Gasteiger partial charge in [0.25, 0.3) is 0 Å². The summed E-state index contributed by atoms with van der Waals surface area (Å²) in [7, 11) is 0. The number of carbonyl (C=O) groups excluding carboxylic acids is 1. The largest absolute Gasteiger partial charge is 0.297 e. The molecule has 3 rings (SSSR count). The smallest absolute Gasteiger partial charge is 0.157 e. The first-order chi connectivity index (χ1) is 8.36. The van der Waals surface area contributed by atoms with Crippen LogP contribution in [0.2, 0.25) is 0 Å². The molecule has 0 radical (unpaired) electrons. The number of nitrogens with zero attached hydrogens (tertiary/aromatic N) is 1. The molecule has 90 valence electrons. The standard InChI is InChI=1S/C15H19NO/c17-15(13-8-9-13)14(16-10-4-5-11-16)12-6-2-1-3-7-12/h1-3,6-7,13-14H,4-5,8-11H2/t14-/m1/s1. The zero-order valence-electron chi connectivity index (χ0n) is 10.1. The van der Waals surface area contributed by atoms with Crippen LogP contribution in [0.25, 0.3) is 0 Å². The van der Waals surface area contributed by atoms with Crippen molar-refractivity contribution in [2.24, 2.45) is 5.92 Å². The molecule has 1 aromatic rings. The highest BCUT2D eigenvalue weighted by atomic mass is 16.1. The molecule has 1 aromatic carbocycles. The summed E-state index contributed by atoms with van der Waals surface area (Å²) in [5.74, 6) is 0.805. The van der Waals surface area contributed by atoms with Crippen molar-refractivity contribution in [1.29, 1.82) is 0 Å². The molecule has 1 atom stereocenters. The Morgan fingerprint density at radius 3 is 2.35 bits per heavy atom. The maximum Gasteiger partial charge on any atom is 0.157 e. The monoisotopic (exact) mass is 229 g/mol. The molecule has 0 bridgehead atoms. The minimum Gasteiger partial charge on any atom is -0.297 e. The van der Waals surface area contributed by atoms with Crippen molar-refractivity contribution in [3.63, 3.8) is 0 Å². The number of rotatable bonds is 4. The predicted octanol–water partition coefficient (Wildman–Crippen LogP) is 2.80. The first-order valence-electron chi connectivity index (χ1n) is 6.69. The second kappa shape index (κ2) is 4.61. The van der Waals surface area contributed by atoms with E-state index in [4.69, 9.17) is 0 Å². The molecule has 1 heterocycles. The van der Waals surface area contributed by atoms with Crippen molar-refractivity contribution >= 4 is 5.78 Å². The topological polar surface area (TPSA) is 20.3 Å². The lowest BCUT2D eigenvalue weighted by Gasteiger charge is -2.26. The van der Waals surface area contributed by atoms with E-state index in [2.05, 4.69) is 17.0 Å². The molecule has 0 unspecified atom stereocenters. The van der Waals surface area contributed by atoms with Crippen molar-refractivity contribution in [2.75, 3.05) is 13.1 Å². The maximum atomic E-state index is 12.5. The van der Waals surface area contributed by atoms with Gasteiger partial charge in [-0.3, -0.25) is 9.69 Å². The molecule has 1 aliphatic carbocycles. The molecule has 0 amide bonds. The molecule has 2 nitrogen and oxygen atoms in total. The van der Waals surface area contributed by atoms with Gasteiger partial charge in [-0.05, 0) is 44.3 Å². The molecule has 1 aliphatic heterocycles. The lowest BCUT2D eigenvalue weighted by Crippen LogP contribution is -2.32. The zero-order chi connectivity index (χ0) is 11.7. The normalized spacial score (nSPS) is 22.6. The van der Waals surface area contributed by atoms with Crippen LogP contribution in [0.3, 0.4) is 0 Å². The molecule has 0 spiro atoms. The Kier molecular flexibility index (Phi) is 2.98. The fourth-order valence-corrected chi connectivity index (χ4v) is 2.78. The van der Waals surface area contributed by atoms with Crippen molar-refractivity contribution in [2.45, 2.75) is 31.7 Å². The number of Topliss-reactive ketones (excluding diaryl/α,β-unsaturated/α-hetero) is 1. The molecule has 1 saturated carbocycles. The summed E-state index contributed by atoms with van der Waals surface area (Å²) in [6, 6.07) is 10.3. The van der Waals surface area contributed by atoms with Crippen molar-refractivity contribution in [3.05, 3.63) is 35.9 Å². The molecule has 2 fully saturated rings. The van der Waals surface area contributed by atoms with E-state index in [1.54, 1.807) is 0 Å². The number of likely N-dealkylation sites (tertiary alicyclic amines) is 1. The molecule has 2 heteroatoms. The van der Waals surface area contributed by atoms with E-state index in [1.807, 2.05) is 18.2 Å². The van der Waals surface area contributed by atoms with Gasteiger partial charge in [-0.1, -0.05) is 30.3 Å². The average Bonchev–Trinajstić information content (AvgIpc) is 3.09. The molecule has 0 aromatic heterocycles. The van der Waals surface area contributed by atoms with E-state index < -0.39 is 0 Å². The Morgan fingerprint density at radius 2 is 1.76 bits per heavy atom.